The molecule has 0 amide bonds. The van der Waals surface area contributed by atoms with Crippen LogP contribution in [0.4, 0.5) is 0 Å². The standard InChI is InChI=1S/C8H10O2/c1-6-3-2-4-7(9)8(10)5-6/h2-3,5,9-10H,4H2,1H3. The van der Waals surface area contributed by atoms with Gasteiger partial charge in [0.25, 0.3) is 0 Å². The Morgan fingerprint density at radius 1 is 1.40 bits per heavy atom. The lowest BCUT2D eigenvalue weighted by molar-refractivity contribution is 0.332. The molecule has 0 heterocycles. The summed E-state index contributed by atoms with van der Waals surface area (Å²) in [6.45, 7) is 1.87. The number of hydrogen-bond acceptors (Lipinski definition) is 2. The lowest BCUT2D eigenvalue weighted by Gasteiger charge is -1.94. The van der Waals surface area contributed by atoms with Gasteiger partial charge in [-0.3, -0.25) is 0 Å². The Kier molecular flexibility index (Phi) is 1.81. The lowest BCUT2D eigenvalue weighted by Crippen LogP contribution is -1.84. The molecule has 54 valence electrons. The summed E-state index contributed by atoms with van der Waals surface area (Å²) in [5, 5.41) is 18.1. The molecule has 0 aromatic rings. The van der Waals surface area contributed by atoms with E-state index >= 15 is 0 Å². The third kappa shape index (κ3) is 1.41. The van der Waals surface area contributed by atoms with Crippen LogP contribution >= 0.6 is 0 Å². The maximum Gasteiger partial charge on any atom is 0.153 e. The van der Waals surface area contributed by atoms with Crippen molar-refractivity contribution in [2.45, 2.75) is 13.3 Å². The Morgan fingerprint density at radius 3 is 2.80 bits per heavy atom. The zero-order chi connectivity index (χ0) is 7.56. The smallest absolute Gasteiger partial charge is 0.153 e. The minimum atomic E-state index is -0.0255. The zero-order valence-corrected chi connectivity index (χ0v) is 5.83. The van der Waals surface area contributed by atoms with Gasteiger partial charge in [-0.2, -0.15) is 0 Å². The summed E-state index contributed by atoms with van der Waals surface area (Å²) in [4.78, 5) is 0. The first-order valence-electron chi connectivity index (χ1n) is 3.16. The van der Waals surface area contributed by atoms with E-state index in [9.17, 15) is 0 Å². The Bertz CT molecular complexity index is 221. The van der Waals surface area contributed by atoms with Crippen LogP contribution in [0.25, 0.3) is 0 Å². The summed E-state index contributed by atoms with van der Waals surface area (Å²) in [7, 11) is 0. The molecular formula is C8H10O2. The highest BCUT2D eigenvalue weighted by atomic mass is 16.3. The van der Waals surface area contributed by atoms with Gasteiger partial charge in [0.15, 0.2) is 5.76 Å². The van der Waals surface area contributed by atoms with Gasteiger partial charge in [-0.1, -0.05) is 12.2 Å². The minimum Gasteiger partial charge on any atom is -0.508 e. The fourth-order valence-electron chi connectivity index (χ4n) is 0.808. The first kappa shape index (κ1) is 6.93. The topological polar surface area (TPSA) is 40.5 Å². The molecule has 0 aliphatic heterocycles. The van der Waals surface area contributed by atoms with Crippen molar-refractivity contribution in [3.63, 3.8) is 0 Å². The highest BCUT2D eigenvalue weighted by Gasteiger charge is 2.01. The molecule has 0 aromatic heterocycles. The van der Waals surface area contributed by atoms with Crippen LogP contribution in [0.1, 0.15) is 13.3 Å². The maximum atomic E-state index is 9.04. The third-order valence-corrected chi connectivity index (χ3v) is 1.35. The van der Waals surface area contributed by atoms with Crippen molar-refractivity contribution in [1.82, 2.24) is 0 Å². The predicted molar refractivity (Wildman–Crippen MR) is 39.8 cm³/mol. The van der Waals surface area contributed by atoms with Crippen LogP contribution in [-0.4, -0.2) is 10.2 Å². The molecule has 2 N–H and O–H groups in total. The predicted octanol–water partition coefficient (Wildman–Crippen LogP) is 2.22. The van der Waals surface area contributed by atoms with Gasteiger partial charge in [-0.15, -0.1) is 0 Å². The molecule has 0 fully saturated rings. The average molecular weight is 138 g/mol. The number of aliphatic hydroxyl groups is 2. The van der Waals surface area contributed by atoms with Crippen LogP contribution in [-0.2, 0) is 0 Å². The molecule has 0 unspecified atom stereocenters. The molecule has 0 radical (unpaired) electrons. The van der Waals surface area contributed by atoms with Crippen molar-refractivity contribution >= 4 is 0 Å². The first-order valence-corrected chi connectivity index (χ1v) is 3.16. The van der Waals surface area contributed by atoms with E-state index < -0.39 is 0 Å². The van der Waals surface area contributed by atoms with Gasteiger partial charge in [0.05, 0.1) is 0 Å². The van der Waals surface area contributed by atoms with Crippen molar-refractivity contribution in [2.75, 3.05) is 0 Å². The van der Waals surface area contributed by atoms with Crippen LogP contribution in [0.2, 0.25) is 0 Å². The van der Waals surface area contributed by atoms with Crippen LogP contribution < -0.4 is 0 Å². The summed E-state index contributed by atoms with van der Waals surface area (Å²) in [6, 6.07) is 0. The van der Waals surface area contributed by atoms with E-state index in [-0.39, 0.29) is 11.5 Å². The lowest BCUT2D eigenvalue weighted by atomic mass is 10.3. The quantitative estimate of drug-likeness (QED) is 0.538. The second-order valence-electron chi connectivity index (χ2n) is 2.33. The van der Waals surface area contributed by atoms with Gasteiger partial charge < -0.3 is 10.2 Å². The summed E-state index contributed by atoms with van der Waals surface area (Å²) in [6.07, 6.45) is 5.63. The van der Waals surface area contributed by atoms with E-state index in [4.69, 9.17) is 10.2 Å². The fraction of sp³-hybridized carbons (Fsp3) is 0.250. The molecule has 0 aromatic carbocycles. The van der Waals surface area contributed by atoms with Crippen LogP contribution in [0.15, 0.2) is 35.3 Å². The van der Waals surface area contributed by atoms with Gasteiger partial charge in [0.1, 0.15) is 5.76 Å². The Balaban J connectivity index is 2.96. The number of aliphatic hydroxyl groups excluding tert-OH is 2. The second-order valence-corrected chi connectivity index (χ2v) is 2.33. The van der Waals surface area contributed by atoms with Crippen molar-refractivity contribution in [3.8, 4) is 0 Å². The summed E-state index contributed by atoms with van der Waals surface area (Å²) >= 11 is 0. The van der Waals surface area contributed by atoms with Gasteiger partial charge in [0.2, 0.25) is 0 Å². The summed E-state index contributed by atoms with van der Waals surface area (Å²) in [5.41, 5.74) is 0.946. The largest absolute Gasteiger partial charge is 0.508 e. The highest BCUT2D eigenvalue weighted by molar-refractivity contribution is 5.30. The van der Waals surface area contributed by atoms with Gasteiger partial charge in [-0.05, 0) is 18.6 Å². The molecule has 0 atom stereocenters. The second kappa shape index (κ2) is 2.60. The number of rotatable bonds is 0. The highest BCUT2D eigenvalue weighted by Crippen LogP contribution is 2.12. The van der Waals surface area contributed by atoms with E-state index in [1.807, 2.05) is 19.1 Å². The van der Waals surface area contributed by atoms with Gasteiger partial charge in [-0.25, -0.2) is 0 Å². The molecule has 0 spiro atoms. The third-order valence-electron chi connectivity index (χ3n) is 1.35. The van der Waals surface area contributed by atoms with E-state index in [0.717, 1.165) is 5.57 Å². The number of hydrogen-bond donors (Lipinski definition) is 2. The molecule has 1 aliphatic rings. The van der Waals surface area contributed by atoms with Gasteiger partial charge >= 0.3 is 0 Å². The minimum absolute atomic E-state index is 0.0255. The monoisotopic (exact) mass is 138 g/mol. The van der Waals surface area contributed by atoms with Crippen LogP contribution in [0.3, 0.4) is 0 Å². The van der Waals surface area contributed by atoms with Gasteiger partial charge in [0, 0.05) is 6.42 Å². The van der Waals surface area contributed by atoms with Crippen LogP contribution in [0.5, 0.6) is 0 Å². The van der Waals surface area contributed by atoms with E-state index in [1.165, 1.54) is 0 Å². The fourth-order valence-corrected chi connectivity index (χ4v) is 0.808. The van der Waals surface area contributed by atoms with E-state index in [1.54, 1.807) is 6.08 Å². The van der Waals surface area contributed by atoms with Crippen molar-refractivity contribution < 1.29 is 10.2 Å². The molecule has 0 bridgehead atoms. The maximum absolute atomic E-state index is 9.04. The van der Waals surface area contributed by atoms with Crippen molar-refractivity contribution in [3.05, 3.63) is 35.3 Å². The SMILES string of the molecule is CC1=CC(O)=C(O)CC=C1. The van der Waals surface area contributed by atoms with Crippen molar-refractivity contribution in [2.24, 2.45) is 0 Å². The van der Waals surface area contributed by atoms with Crippen molar-refractivity contribution in [1.29, 1.82) is 0 Å². The average Bonchev–Trinajstić information content (AvgIpc) is 1.96. The molecule has 0 saturated heterocycles. The Morgan fingerprint density at radius 2 is 2.10 bits per heavy atom. The normalized spacial score (nSPS) is 18.7. The molecule has 1 aliphatic carbocycles. The van der Waals surface area contributed by atoms with Crippen LogP contribution in [0, 0.1) is 0 Å². The summed E-state index contributed by atoms with van der Waals surface area (Å²) in [5.74, 6) is 0.00981. The van der Waals surface area contributed by atoms with E-state index in [0.29, 0.717) is 6.42 Å². The number of allylic oxidation sites excluding steroid dienone is 4. The molecular weight excluding hydrogens is 128 g/mol. The zero-order valence-electron chi connectivity index (χ0n) is 5.83. The molecule has 2 nitrogen and oxygen atoms in total. The Hall–Kier alpha value is -1.18. The van der Waals surface area contributed by atoms with E-state index in [2.05, 4.69) is 0 Å². The molecule has 1 rings (SSSR count). The first-order chi connectivity index (χ1) is 4.70. The molecule has 0 saturated carbocycles. The Labute approximate surface area is 59.8 Å². The molecule has 10 heavy (non-hydrogen) atoms. The summed E-state index contributed by atoms with van der Waals surface area (Å²) < 4.78 is 0. The molecule has 2 heteroatoms.